The minimum atomic E-state index is -0.240. The summed E-state index contributed by atoms with van der Waals surface area (Å²) in [6.45, 7) is 2.17. The number of fused-ring (bicyclic) bond motifs is 3. The van der Waals surface area contributed by atoms with Gasteiger partial charge in [0.15, 0.2) is 4.96 Å². The third-order valence-electron chi connectivity index (χ3n) is 8.40. The van der Waals surface area contributed by atoms with E-state index in [-0.39, 0.29) is 28.5 Å². The lowest BCUT2D eigenvalue weighted by Gasteiger charge is -2.59. The Morgan fingerprint density at radius 1 is 1.17 bits per heavy atom. The predicted octanol–water partition coefficient (Wildman–Crippen LogP) is 3.97. The average molecular weight is 412 g/mol. The van der Waals surface area contributed by atoms with E-state index in [1.165, 1.54) is 56.0 Å². The summed E-state index contributed by atoms with van der Waals surface area (Å²) in [6.07, 6.45) is 13.6. The summed E-state index contributed by atoms with van der Waals surface area (Å²) in [5.41, 5.74) is 1.33. The Labute approximate surface area is 174 Å². The molecule has 4 bridgehead atoms. The van der Waals surface area contributed by atoms with E-state index < -0.39 is 0 Å². The molecule has 1 N–H and O–H groups in total. The second-order valence-electron chi connectivity index (χ2n) is 10.2. The first-order chi connectivity index (χ1) is 14.0. The maximum atomic E-state index is 13.2. The fourth-order valence-corrected chi connectivity index (χ4v) is 8.53. The largest absolute Gasteiger partial charge is 0.349 e. The summed E-state index contributed by atoms with van der Waals surface area (Å²) >= 11 is 1.61. The number of thiazole rings is 1. The Kier molecular flexibility index (Phi) is 4.00. The van der Waals surface area contributed by atoms with Crippen LogP contribution in [0.4, 0.5) is 0 Å². The van der Waals surface area contributed by atoms with Crippen molar-refractivity contribution < 1.29 is 4.79 Å². The summed E-state index contributed by atoms with van der Waals surface area (Å²) in [6, 6.07) is 0.111. The van der Waals surface area contributed by atoms with Crippen LogP contribution in [-0.4, -0.2) is 21.3 Å². The van der Waals surface area contributed by atoms with E-state index in [0.29, 0.717) is 0 Å². The lowest BCUT2D eigenvalue weighted by molar-refractivity contribution is -0.0688. The summed E-state index contributed by atoms with van der Waals surface area (Å²) < 4.78 is 1.71. The standard InChI is InChI=1S/C23H29N3O2S/c1-13(23-9-14-6-15(10-23)8-16(7-14)11-23)25-20(27)17-12-24-22-26(21(17)28)18-4-2-3-5-19(18)29-22/h12-16H,2-11H2,1H3,(H,25,27)/t13-,14?,15?,16?,23?/m0/s1. The molecule has 2 aromatic rings. The quantitative estimate of drug-likeness (QED) is 0.831. The number of rotatable bonds is 3. The molecule has 0 unspecified atom stereocenters. The van der Waals surface area contributed by atoms with Crippen LogP contribution in [0.5, 0.6) is 0 Å². The Balaban J connectivity index is 1.29. The van der Waals surface area contributed by atoms with Gasteiger partial charge in [0.2, 0.25) is 0 Å². The van der Waals surface area contributed by atoms with Crippen molar-refractivity contribution in [2.75, 3.05) is 0 Å². The van der Waals surface area contributed by atoms with Crippen LogP contribution < -0.4 is 10.9 Å². The van der Waals surface area contributed by atoms with Crippen molar-refractivity contribution in [3.63, 3.8) is 0 Å². The molecule has 6 heteroatoms. The summed E-state index contributed by atoms with van der Waals surface area (Å²) in [5.74, 6) is 2.31. The van der Waals surface area contributed by atoms with Gasteiger partial charge in [-0.1, -0.05) is 0 Å². The molecule has 0 saturated heterocycles. The Morgan fingerprint density at radius 3 is 2.52 bits per heavy atom. The number of hydrogen-bond donors (Lipinski definition) is 1. The normalized spacial score (nSPS) is 33.6. The molecule has 4 fully saturated rings. The van der Waals surface area contributed by atoms with Crippen LogP contribution in [0, 0.1) is 23.2 Å². The zero-order valence-corrected chi connectivity index (χ0v) is 17.9. The topological polar surface area (TPSA) is 63.5 Å². The molecule has 7 rings (SSSR count). The minimum absolute atomic E-state index is 0.111. The summed E-state index contributed by atoms with van der Waals surface area (Å²) in [4.78, 5) is 32.8. The van der Waals surface area contributed by atoms with Crippen molar-refractivity contribution in [2.45, 2.75) is 77.2 Å². The van der Waals surface area contributed by atoms with Crippen LogP contribution in [0.3, 0.4) is 0 Å². The number of nitrogens with one attached hydrogen (secondary N) is 1. The average Bonchev–Trinajstić information content (AvgIpc) is 3.06. The maximum absolute atomic E-state index is 13.2. The van der Waals surface area contributed by atoms with E-state index >= 15 is 0 Å². The lowest BCUT2D eigenvalue weighted by atomic mass is 9.48. The van der Waals surface area contributed by atoms with Gasteiger partial charge in [0.25, 0.3) is 11.5 Å². The van der Waals surface area contributed by atoms with Gasteiger partial charge in [-0.3, -0.25) is 14.0 Å². The van der Waals surface area contributed by atoms with Crippen molar-refractivity contribution in [1.29, 1.82) is 0 Å². The summed E-state index contributed by atoms with van der Waals surface area (Å²) in [7, 11) is 0. The molecule has 0 spiro atoms. The van der Waals surface area contributed by atoms with Crippen molar-refractivity contribution in [2.24, 2.45) is 23.2 Å². The van der Waals surface area contributed by atoms with Crippen LogP contribution in [0.25, 0.3) is 4.96 Å². The van der Waals surface area contributed by atoms with Crippen molar-refractivity contribution in [1.82, 2.24) is 14.7 Å². The molecular formula is C23H29N3O2S. The smallest absolute Gasteiger partial charge is 0.271 e. The molecule has 2 aromatic heterocycles. The number of carbonyl (C=O) groups is 1. The number of aromatic nitrogens is 2. The molecule has 29 heavy (non-hydrogen) atoms. The number of aryl methyl sites for hydroxylation is 2. The molecule has 2 heterocycles. The van der Waals surface area contributed by atoms with Gasteiger partial charge in [0.1, 0.15) is 5.56 Å². The Bertz CT molecular complexity index is 1020. The van der Waals surface area contributed by atoms with E-state index in [0.717, 1.165) is 47.7 Å². The van der Waals surface area contributed by atoms with Crippen molar-refractivity contribution in [3.8, 4) is 0 Å². The van der Waals surface area contributed by atoms with Crippen LogP contribution in [-0.2, 0) is 12.8 Å². The van der Waals surface area contributed by atoms with E-state index in [1.54, 1.807) is 15.7 Å². The highest BCUT2D eigenvalue weighted by Crippen LogP contribution is 2.61. The third kappa shape index (κ3) is 2.74. The highest BCUT2D eigenvalue weighted by molar-refractivity contribution is 7.17. The minimum Gasteiger partial charge on any atom is -0.349 e. The summed E-state index contributed by atoms with van der Waals surface area (Å²) in [5, 5.41) is 3.24. The second-order valence-corrected chi connectivity index (χ2v) is 11.3. The van der Waals surface area contributed by atoms with E-state index in [1.807, 2.05) is 0 Å². The van der Waals surface area contributed by atoms with Gasteiger partial charge in [0, 0.05) is 22.8 Å². The van der Waals surface area contributed by atoms with Crippen LogP contribution in [0.2, 0.25) is 0 Å². The van der Waals surface area contributed by atoms with Gasteiger partial charge in [-0.25, -0.2) is 4.98 Å². The zero-order valence-electron chi connectivity index (χ0n) is 17.1. The van der Waals surface area contributed by atoms with Gasteiger partial charge < -0.3 is 5.32 Å². The van der Waals surface area contributed by atoms with Gasteiger partial charge in [0.05, 0.1) is 0 Å². The molecule has 5 aliphatic carbocycles. The highest BCUT2D eigenvalue weighted by atomic mass is 32.1. The molecule has 154 valence electrons. The SMILES string of the molecule is C[C@H](NC(=O)c1cnc2sc3c(n2c1=O)CCCC3)C12CC3CC(CC(C3)C1)C2. The molecular weight excluding hydrogens is 382 g/mol. The highest BCUT2D eigenvalue weighted by Gasteiger charge is 2.53. The Hall–Kier alpha value is -1.69. The molecule has 0 aliphatic heterocycles. The molecule has 5 aliphatic rings. The third-order valence-corrected chi connectivity index (χ3v) is 9.56. The van der Waals surface area contributed by atoms with E-state index in [2.05, 4.69) is 17.2 Å². The molecule has 1 atom stereocenters. The first-order valence-electron chi connectivity index (χ1n) is 11.4. The van der Waals surface area contributed by atoms with Gasteiger partial charge in [-0.2, -0.15) is 0 Å². The number of amides is 1. The van der Waals surface area contributed by atoms with Crippen LogP contribution in [0.15, 0.2) is 11.0 Å². The monoisotopic (exact) mass is 411 g/mol. The molecule has 0 radical (unpaired) electrons. The first kappa shape index (κ1) is 18.1. The molecule has 0 aromatic carbocycles. The van der Waals surface area contributed by atoms with Gasteiger partial charge in [-0.05, 0) is 94.3 Å². The molecule has 5 nitrogen and oxygen atoms in total. The van der Waals surface area contributed by atoms with Gasteiger partial charge in [-0.15, -0.1) is 11.3 Å². The van der Waals surface area contributed by atoms with Gasteiger partial charge >= 0.3 is 0 Å². The number of carbonyl (C=O) groups excluding carboxylic acids is 1. The molecule has 4 saturated carbocycles. The van der Waals surface area contributed by atoms with Crippen molar-refractivity contribution in [3.05, 3.63) is 32.7 Å². The van der Waals surface area contributed by atoms with Crippen molar-refractivity contribution >= 4 is 22.2 Å². The fraction of sp³-hybridized carbons (Fsp3) is 0.696. The number of nitrogens with zero attached hydrogens (tertiary/aromatic N) is 2. The van der Waals surface area contributed by atoms with Crippen LogP contribution >= 0.6 is 11.3 Å². The maximum Gasteiger partial charge on any atom is 0.271 e. The predicted molar refractivity (Wildman–Crippen MR) is 114 cm³/mol. The van der Waals surface area contributed by atoms with E-state index in [9.17, 15) is 9.59 Å². The zero-order chi connectivity index (χ0) is 19.8. The lowest BCUT2D eigenvalue weighted by Crippen LogP contribution is -2.56. The second kappa shape index (κ2) is 6.40. The Morgan fingerprint density at radius 2 is 1.83 bits per heavy atom. The van der Waals surface area contributed by atoms with Crippen LogP contribution in [0.1, 0.15) is 79.2 Å². The first-order valence-corrected chi connectivity index (χ1v) is 12.2. The molecule has 1 amide bonds. The number of hydrogen-bond acceptors (Lipinski definition) is 4. The fourth-order valence-electron chi connectivity index (χ4n) is 7.36. The van der Waals surface area contributed by atoms with E-state index in [4.69, 9.17) is 0 Å².